The molecular formula is C20H18N4O3S2. The van der Waals surface area contributed by atoms with Crippen LogP contribution in [0.25, 0.3) is 10.7 Å². The molecule has 0 bridgehead atoms. The molecule has 2 aliphatic rings. The Labute approximate surface area is 175 Å². The molecule has 2 aromatic heterocycles. The number of β-amino-alcohol motifs (C(OH)–C–C–N with tert-alkyl or cyclic N) is 1. The molecule has 3 aromatic rings. The molecule has 1 fully saturated rings. The molecule has 1 saturated carbocycles. The average Bonchev–Trinajstić information content (AvgIpc) is 3.17. The van der Waals surface area contributed by atoms with Crippen LogP contribution in [0.15, 0.2) is 46.9 Å². The van der Waals surface area contributed by atoms with Crippen molar-refractivity contribution >= 4 is 34.9 Å². The van der Waals surface area contributed by atoms with E-state index in [4.69, 9.17) is 0 Å². The van der Waals surface area contributed by atoms with Crippen LogP contribution in [0.3, 0.4) is 0 Å². The molecule has 1 aliphatic heterocycles. The number of carbonyl (C=O) groups excluding carboxylic acids is 2. The maximum absolute atomic E-state index is 12.5. The van der Waals surface area contributed by atoms with E-state index in [0.717, 1.165) is 33.6 Å². The van der Waals surface area contributed by atoms with E-state index >= 15 is 0 Å². The van der Waals surface area contributed by atoms with E-state index in [0.29, 0.717) is 22.9 Å². The molecule has 148 valence electrons. The van der Waals surface area contributed by atoms with Crippen molar-refractivity contribution in [3.05, 3.63) is 52.9 Å². The van der Waals surface area contributed by atoms with Gasteiger partial charge >= 0.3 is 0 Å². The number of aliphatic hydroxyl groups is 1. The van der Waals surface area contributed by atoms with Gasteiger partial charge in [-0.15, -0.1) is 21.5 Å². The van der Waals surface area contributed by atoms with Crippen molar-refractivity contribution in [2.75, 3.05) is 12.3 Å². The van der Waals surface area contributed by atoms with E-state index in [2.05, 4.69) is 14.8 Å². The van der Waals surface area contributed by atoms with Gasteiger partial charge in [-0.05, 0) is 36.4 Å². The van der Waals surface area contributed by atoms with Gasteiger partial charge in [0.25, 0.3) is 11.8 Å². The topological polar surface area (TPSA) is 88.3 Å². The fraction of sp³-hybridized carbons (Fsp3) is 0.300. The second kappa shape index (κ2) is 7.40. The van der Waals surface area contributed by atoms with E-state index in [9.17, 15) is 14.7 Å². The largest absolute Gasteiger partial charge is 0.390 e. The van der Waals surface area contributed by atoms with Crippen molar-refractivity contribution in [2.45, 2.75) is 30.1 Å². The highest BCUT2D eigenvalue weighted by atomic mass is 32.2. The number of aromatic nitrogens is 3. The summed E-state index contributed by atoms with van der Waals surface area (Å²) in [5.74, 6) is 0.481. The minimum Gasteiger partial charge on any atom is -0.390 e. The molecule has 0 unspecified atom stereocenters. The summed E-state index contributed by atoms with van der Waals surface area (Å²) in [6, 6.07) is 11.2. The van der Waals surface area contributed by atoms with E-state index in [1.807, 2.05) is 17.5 Å². The zero-order chi connectivity index (χ0) is 20.0. The lowest BCUT2D eigenvalue weighted by Gasteiger charge is -2.18. The van der Waals surface area contributed by atoms with Gasteiger partial charge in [0.05, 0.1) is 28.7 Å². The predicted octanol–water partition coefficient (Wildman–Crippen LogP) is 3.09. The fourth-order valence-corrected chi connectivity index (χ4v) is 5.08. The van der Waals surface area contributed by atoms with E-state index in [1.165, 1.54) is 11.8 Å². The van der Waals surface area contributed by atoms with Crippen LogP contribution in [0.1, 0.15) is 39.6 Å². The SMILES string of the molecule is O=C1c2ccccc2C(=O)N1C[C@H](O)CSc1nnc(-c2cccs2)n1C1CC1. The van der Waals surface area contributed by atoms with Crippen LogP contribution < -0.4 is 0 Å². The zero-order valence-corrected chi connectivity index (χ0v) is 17.0. The first kappa shape index (κ1) is 18.5. The van der Waals surface area contributed by atoms with Crippen molar-refractivity contribution < 1.29 is 14.7 Å². The molecule has 3 heterocycles. The monoisotopic (exact) mass is 426 g/mol. The average molecular weight is 427 g/mol. The Morgan fingerprint density at radius 2 is 1.83 bits per heavy atom. The molecule has 0 saturated heterocycles. The van der Waals surface area contributed by atoms with Crippen molar-refractivity contribution in [1.29, 1.82) is 0 Å². The molecular weight excluding hydrogens is 408 g/mol. The smallest absolute Gasteiger partial charge is 0.261 e. The first-order valence-electron chi connectivity index (χ1n) is 9.38. The molecule has 2 amide bonds. The van der Waals surface area contributed by atoms with Gasteiger partial charge in [-0.25, -0.2) is 0 Å². The first-order chi connectivity index (χ1) is 14.1. The van der Waals surface area contributed by atoms with Crippen LogP contribution in [-0.4, -0.2) is 55.0 Å². The molecule has 5 rings (SSSR count). The van der Waals surface area contributed by atoms with Gasteiger partial charge in [-0.1, -0.05) is 30.0 Å². The van der Waals surface area contributed by atoms with Crippen molar-refractivity contribution in [3.8, 4) is 10.7 Å². The normalized spacial score (nSPS) is 17.1. The van der Waals surface area contributed by atoms with Gasteiger partial charge in [0.1, 0.15) is 0 Å². The summed E-state index contributed by atoms with van der Waals surface area (Å²) in [7, 11) is 0. The van der Waals surface area contributed by atoms with Crippen LogP contribution in [-0.2, 0) is 0 Å². The molecule has 1 N–H and O–H groups in total. The Bertz CT molecular complexity index is 1040. The third-order valence-electron chi connectivity index (χ3n) is 4.99. The van der Waals surface area contributed by atoms with Crippen LogP contribution in [0.4, 0.5) is 0 Å². The Balaban J connectivity index is 1.27. The van der Waals surface area contributed by atoms with Crippen LogP contribution in [0.5, 0.6) is 0 Å². The second-order valence-corrected chi connectivity index (χ2v) is 9.05. The summed E-state index contributed by atoms with van der Waals surface area (Å²) < 4.78 is 2.14. The number of imide groups is 1. The Morgan fingerprint density at radius 3 is 2.45 bits per heavy atom. The molecule has 0 spiro atoms. The van der Waals surface area contributed by atoms with Gasteiger partial charge in [0.2, 0.25) is 0 Å². The summed E-state index contributed by atoms with van der Waals surface area (Å²) in [5, 5.41) is 22.0. The number of aliphatic hydroxyl groups excluding tert-OH is 1. The standard InChI is InChI=1S/C20H18N4O3S2/c25-13(10-23-18(26)14-4-1-2-5-15(14)19(23)27)11-29-20-22-21-17(16-6-3-9-28-16)24(20)12-7-8-12/h1-6,9,12-13,25H,7-8,10-11H2/t13-/m0/s1. The van der Waals surface area contributed by atoms with E-state index < -0.39 is 6.10 Å². The Hall–Kier alpha value is -2.49. The fourth-order valence-electron chi connectivity index (χ4n) is 3.45. The predicted molar refractivity (Wildman–Crippen MR) is 110 cm³/mol. The van der Waals surface area contributed by atoms with Crippen molar-refractivity contribution in [3.63, 3.8) is 0 Å². The van der Waals surface area contributed by atoms with Gasteiger partial charge in [0.15, 0.2) is 11.0 Å². The minimum absolute atomic E-state index is 0.0330. The number of hydrogen-bond donors (Lipinski definition) is 1. The number of rotatable bonds is 7. The zero-order valence-electron chi connectivity index (χ0n) is 15.4. The lowest BCUT2D eigenvalue weighted by atomic mass is 10.1. The number of nitrogens with zero attached hydrogens (tertiary/aromatic N) is 4. The highest BCUT2D eigenvalue weighted by Crippen LogP contribution is 2.41. The van der Waals surface area contributed by atoms with Crippen LogP contribution in [0, 0.1) is 0 Å². The third kappa shape index (κ3) is 3.39. The van der Waals surface area contributed by atoms with Gasteiger partial charge in [-0.3, -0.25) is 19.1 Å². The molecule has 7 nitrogen and oxygen atoms in total. The quantitative estimate of drug-likeness (QED) is 0.461. The summed E-state index contributed by atoms with van der Waals surface area (Å²) in [6.07, 6.45) is 1.35. The number of thioether (sulfide) groups is 1. The van der Waals surface area contributed by atoms with E-state index in [1.54, 1.807) is 35.6 Å². The highest BCUT2D eigenvalue weighted by molar-refractivity contribution is 7.99. The molecule has 1 atom stereocenters. The summed E-state index contributed by atoms with van der Waals surface area (Å²) in [5.41, 5.74) is 0.790. The Kier molecular flexibility index (Phi) is 4.73. The lowest BCUT2D eigenvalue weighted by Crippen LogP contribution is -2.37. The van der Waals surface area contributed by atoms with Gasteiger partial charge in [0, 0.05) is 11.8 Å². The number of thiophene rings is 1. The number of benzene rings is 1. The molecule has 29 heavy (non-hydrogen) atoms. The minimum atomic E-state index is -0.850. The number of carbonyl (C=O) groups is 2. The van der Waals surface area contributed by atoms with E-state index in [-0.39, 0.29) is 18.4 Å². The molecule has 1 aromatic carbocycles. The molecule has 0 radical (unpaired) electrons. The number of amides is 2. The lowest BCUT2D eigenvalue weighted by molar-refractivity contribution is 0.0567. The van der Waals surface area contributed by atoms with Crippen LogP contribution >= 0.6 is 23.1 Å². The maximum atomic E-state index is 12.5. The summed E-state index contributed by atoms with van der Waals surface area (Å²) in [4.78, 5) is 27.1. The Morgan fingerprint density at radius 1 is 1.10 bits per heavy atom. The number of fused-ring (bicyclic) bond motifs is 1. The second-order valence-electron chi connectivity index (χ2n) is 7.12. The maximum Gasteiger partial charge on any atom is 0.261 e. The summed E-state index contributed by atoms with van der Waals surface area (Å²) >= 11 is 3.03. The highest BCUT2D eigenvalue weighted by Gasteiger charge is 2.36. The number of hydrogen-bond acceptors (Lipinski definition) is 7. The third-order valence-corrected chi connectivity index (χ3v) is 6.95. The van der Waals surface area contributed by atoms with Crippen molar-refractivity contribution in [2.24, 2.45) is 0 Å². The first-order valence-corrected chi connectivity index (χ1v) is 11.2. The van der Waals surface area contributed by atoms with Crippen LogP contribution in [0.2, 0.25) is 0 Å². The summed E-state index contributed by atoms with van der Waals surface area (Å²) in [6.45, 7) is -0.0330. The molecule has 1 aliphatic carbocycles. The van der Waals surface area contributed by atoms with Crippen molar-refractivity contribution in [1.82, 2.24) is 19.7 Å². The molecule has 9 heteroatoms. The van der Waals surface area contributed by atoms with Gasteiger partial charge < -0.3 is 5.11 Å². The van der Waals surface area contributed by atoms with Gasteiger partial charge in [-0.2, -0.15) is 0 Å².